The molecule has 0 aliphatic heterocycles. The number of nitro benzene ring substituents is 1. The van der Waals surface area contributed by atoms with Crippen LogP contribution in [0.15, 0.2) is 60.0 Å². The van der Waals surface area contributed by atoms with E-state index in [1.807, 2.05) is 12.3 Å². The standard InChI is InChI=1S/C23H20F3N3O4S/c1-16-27-19(14-34-16)13-33-20-9-6-17(7-10-20)8-11-22(30)28(15-23(24,25)26)12-18-4-2-3-5-21(18)29(31)32/h2-11,14H,12-13,15H2,1H3/b11-8+. The van der Waals surface area contributed by atoms with Crippen LogP contribution in [0.4, 0.5) is 18.9 Å². The lowest BCUT2D eigenvalue weighted by Crippen LogP contribution is -2.37. The molecule has 0 fully saturated rings. The molecular formula is C23H20F3N3O4S. The van der Waals surface area contributed by atoms with Gasteiger partial charge in [0.2, 0.25) is 5.91 Å². The molecule has 0 atom stereocenters. The molecule has 0 aliphatic carbocycles. The normalized spacial score (nSPS) is 11.5. The molecule has 0 saturated heterocycles. The van der Waals surface area contributed by atoms with Crippen LogP contribution in [-0.4, -0.2) is 33.4 Å². The number of ether oxygens (including phenoxy) is 1. The topological polar surface area (TPSA) is 85.6 Å². The molecule has 0 aliphatic rings. The lowest BCUT2D eigenvalue weighted by atomic mass is 10.1. The van der Waals surface area contributed by atoms with Gasteiger partial charge >= 0.3 is 6.18 Å². The number of hydrogen-bond acceptors (Lipinski definition) is 6. The van der Waals surface area contributed by atoms with Crippen molar-refractivity contribution in [2.24, 2.45) is 0 Å². The summed E-state index contributed by atoms with van der Waals surface area (Å²) in [6.45, 7) is 0.108. The quantitative estimate of drug-likeness (QED) is 0.223. The van der Waals surface area contributed by atoms with Gasteiger partial charge in [-0.2, -0.15) is 13.2 Å². The summed E-state index contributed by atoms with van der Waals surface area (Å²) in [4.78, 5) is 27.9. The van der Waals surface area contributed by atoms with E-state index in [4.69, 9.17) is 4.74 Å². The number of nitrogens with zero attached hydrogens (tertiary/aromatic N) is 3. The molecule has 0 N–H and O–H groups in total. The highest BCUT2D eigenvalue weighted by atomic mass is 32.1. The van der Waals surface area contributed by atoms with Crippen LogP contribution in [0.25, 0.3) is 6.08 Å². The number of nitro groups is 1. The zero-order valence-electron chi connectivity index (χ0n) is 18.0. The summed E-state index contributed by atoms with van der Waals surface area (Å²) in [5.74, 6) is -0.348. The minimum absolute atomic E-state index is 0.00954. The molecule has 1 aromatic heterocycles. The highest BCUT2D eigenvalue weighted by molar-refractivity contribution is 7.09. The fourth-order valence-electron chi connectivity index (χ4n) is 3.04. The smallest absolute Gasteiger partial charge is 0.406 e. The number of amides is 1. The fraction of sp³-hybridized carbons (Fsp3) is 0.217. The van der Waals surface area contributed by atoms with Crippen molar-refractivity contribution in [3.8, 4) is 5.75 Å². The van der Waals surface area contributed by atoms with Gasteiger partial charge in [-0.3, -0.25) is 14.9 Å². The molecule has 0 bridgehead atoms. The molecule has 178 valence electrons. The van der Waals surface area contributed by atoms with Crippen molar-refractivity contribution in [2.75, 3.05) is 6.54 Å². The summed E-state index contributed by atoms with van der Waals surface area (Å²) in [7, 11) is 0. The Balaban J connectivity index is 1.68. The van der Waals surface area contributed by atoms with Crippen molar-refractivity contribution in [3.63, 3.8) is 0 Å². The van der Waals surface area contributed by atoms with E-state index in [0.29, 0.717) is 22.8 Å². The predicted octanol–water partition coefficient (Wildman–Crippen LogP) is 5.54. The molecule has 34 heavy (non-hydrogen) atoms. The van der Waals surface area contributed by atoms with E-state index in [-0.39, 0.29) is 11.3 Å². The van der Waals surface area contributed by atoms with Crippen LogP contribution in [0.3, 0.4) is 0 Å². The summed E-state index contributed by atoms with van der Waals surface area (Å²) < 4.78 is 44.8. The Labute approximate surface area is 197 Å². The monoisotopic (exact) mass is 491 g/mol. The first-order valence-electron chi connectivity index (χ1n) is 10.0. The first-order valence-corrected chi connectivity index (χ1v) is 10.9. The molecule has 0 saturated carbocycles. The number of thiazole rings is 1. The lowest BCUT2D eigenvalue weighted by molar-refractivity contribution is -0.385. The van der Waals surface area contributed by atoms with Gasteiger partial charge in [0.05, 0.1) is 22.2 Å². The lowest BCUT2D eigenvalue weighted by Gasteiger charge is -2.22. The van der Waals surface area contributed by atoms with Gasteiger partial charge in [-0.25, -0.2) is 4.98 Å². The number of benzene rings is 2. The van der Waals surface area contributed by atoms with E-state index in [1.165, 1.54) is 41.7 Å². The Morgan fingerprint density at radius 2 is 1.91 bits per heavy atom. The fourth-order valence-corrected chi connectivity index (χ4v) is 3.63. The third-order valence-corrected chi connectivity index (χ3v) is 5.41. The van der Waals surface area contributed by atoms with Gasteiger partial charge < -0.3 is 9.64 Å². The molecule has 7 nitrogen and oxygen atoms in total. The van der Waals surface area contributed by atoms with Crippen LogP contribution in [-0.2, 0) is 17.9 Å². The first-order chi connectivity index (χ1) is 16.1. The Bertz CT molecular complexity index is 1180. The van der Waals surface area contributed by atoms with Gasteiger partial charge in [-0.05, 0) is 30.7 Å². The number of aromatic nitrogens is 1. The number of carbonyl (C=O) groups excluding carboxylic acids is 1. The Morgan fingerprint density at radius 3 is 2.53 bits per heavy atom. The van der Waals surface area contributed by atoms with Crippen LogP contribution in [0.5, 0.6) is 5.75 Å². The van der Waals surface area contributed by atoms with Crippen LogP contribution in [0, 0.1) is 17.0 Å². The zero-order chi connectivity index (χ0) is 24.7. The summed E-state index contributed by atoms with van der Waals surface area (Å²) in [5.41, 5.74) is 1.04. The largest absolute Gasteiger partial charge is 0.487 e. The number of halogens is 3. The maximum atomic E-state index is 13.1. The minimum atomic E-state index is -4.66. The summed E-state index contributed by atoms with van der Waals surface area (Å²) in [6.07, 6.45) is -2.28. The number of aryl methyl sites for hydroxylation is 1. The maximum absolute atomic E-state index is 13.1. The third-order valence-electron chi connectivity index (χ3n) is 4.58. The number of alkyl halides is 3. The molecule has 1 heterocycles. The highest BCUT2D eigenvalue weighted by Gasteiger charge is 2.33. The summed E-state index contributed by atoms with van der Waals surface area (Å²) in [5, 5.41) is 14.0. The number of rotatable bonds is 9. The molecule has 11 heteroatoms. The summed E-state index contributed by atoms with van der Waals surface area (Å²) >= 11 is 1.52. The molecule has 2 aromatic carbocycles. The number of hydrogen-bond donors (Lipinski definition) is 0. The Hall–Kier alpha value is -3.73. The average Bonchev–Trinajstić information content (AvgIpc) is 3.20. The number of carbonyl (C=O) groups is 1. The van der Waals surface area contributed by atoms with E-state index < -0.39 is 30.1 Å². The molecule has 3 aromatic rings. The van der Waals surface area contributed by atoms with Crippen LogP contribution >= 0.6 is 11.3 Å². The second-order valence-electron chi connectivity index (χ2n) is 7.24. The first kappa shape index (κ1) is 24.9. The average molecular weight is 491 g/mol. The molecule has 3 rings (SSSR count). The van der Waals surface area contributed by atoms with Gasteiger partial charge in [-0.1, -0.05) is 30.3 Å². The van der Waals surface area contributed by atoms with Gasteiger partial charge in [0.15, 0.2) is 0 Å². The maximum Gasteiger partial charge on any atom is 0.406 e. The van der Waals surface area contributed by atoms with E-state index in [0.717, 1.165) is 16.8 Å². The Morgan fingerprint density at radius 1 is 1.21 bits per heavy atom. The third kappa shape index (κ3) is 7.41. The predicted molar refractivity (Wildman–Crippen MR) is 121 cm³/mol. The van der Waals surface area contributed by atoms with Crippen molar-refractivity contribution >= 4 is 29.0 Å². The van der Waals surface area contributed by atoms with E-state index in [2.05, 4.69) is 4.98 Å². The van der Waals surface area contributed by atoms with Crippen molar-refractivity contribution in [1.82, 2.24) is 9.88 Å². The Kier molecular flexibility index (Phi) is 8.00. The molecule has 0 spiro atoms. The number of para-hydroxylation sites is 1. The second kappa shape index (κ2) is 10.9. The minimum Gasteiger partial charge on any atom is -0.487 e. The van der Waals surface area contributed by atoms with Crippen molar-refractivity contribution < 1.29 is 27.6 Å². The second-order valence-corrected chi connectivity index (χ2v) is 8.31. The van der Waals surface area contributed by atoms with Gasteiger partial charge in [0.1, 0.15) is 18.9 Å². The summed E-state index contributed by atoms with van der Waals surface area (Å²) in [6, 6.07) is 12.0. The van der Waals surface area contributed by atoms with E-state index in [1.54, 1.807) is 24.3 Å². The zero-order valence-corrected chi connectivity index (χ0v) is 18.8. The van der Waals surface area contributed by atoms with Crippen LogP contribution in [0.1, 0.15) is 21.8 Å². The molecule has 0 radical (unpaired) electrons. The van der Waals surface area contributed by atoms with Gasteiger partial charge in [0, 0.05) is 23.1 Å². The van der Waals surface area contributed by atoms with Crippen molar-refractivity contribution in [1.29, 1.82) is 0 Å². The van der Waals surface area contributed by atoms with Crippen LogP contribution in [0.2, 0.25) is 0 Å². The van der Waals surface area contributed by atoms with Crippen molar-refractivity contribution in [3.05, 3.63) is 91.9 Å². The van der Waals surface area contributed by atoms with Crippen molar-refractivity contribution in [2.45, 2.75) is 26.3 Å². The van der Waals surface area contributed by atoms with Crippen LogP contribution < -0.4 is 4.74 Å². The van der Waals surface area contributed by atoms with E-state index in [9.17, 15) is 28.1 Å². The molecular weight excluding hydrogens is 471 g/mol. The molecule has 0 unspecified atom stereocenters. The highest BCUT2D eigenvalue weighted by Crippen LogP contribution is 2.23. The van der Waals surface area contributed by atoms with Gasteiger partial charge in [0.25, 0.3) is 5.69 Å². The van der Waals surface area contributed by atoms with E-state index >= 15 is 0 Å². The SMILES string of the molecule is Cc1nc(COc2ccc(/C=C/C(=O)N(Cc3ccccc3[N+](=O)[O-])CC(F)(F)F)cc2)cs1. The van der Waals surface area contributed by atoms with Gasteiger partial charge in [-0.15, -0.1) is 11.3 Å². The molecule has 1 amide bonds.